The van der Waals surface area contributed by atoms with E-state index in [1.54, 1.807) is 18.2 Å². The van der Waals surface area contributed by atoms with Gasteiger partial charge in [0.1, 0.15) is 18.9 Å². The minimum absolute atomic E-state index is 0.171. The standard InChI is InChI=1S/C19H15BrN2O4/c20-14-3-1-2-13(8-14)19(23)21-11-15-10-17(26-22-15)12-4-5-16-18(9-12)25-7-6-24-16/h1-5,8-10H,6-7,11H2,(H,21,23). The molecule has 2 aromatic carbocycles. The summed E-state index contributed by atoms with van der Waals surface area (Å²) < 4.78 is 17.3. The summed E-state index contributed by atoms with van der Waals surface area (Å²) in [5.41, 5.74) is 2.06. The van der Waals surface area contributed by atoms with Crippen molar-refractivity contribution in [3.05, 3.63) is 64.3 Å². The zero-order chi connectivity index (χ0) is 17.9. The first-order valence-electron chi connectivity index (χ1n) is 8.08. The van der Waals surface area contributed by atoms with E-state index in [1.165, 1.54) is 0 Å². The largest absolute Gasteiger partial charge is 0.486 e. The van der Waals surface area contributed by atoms with Crippen molar-refractivity contribution in [3.63, 3.8) is 0 Å². The van der Waals surface area contributed by atoms with E-state index in [0.29, 0.717) is 36.0 Å². The number of aromatic nitrogens is 1. The van der Waals surface area contributed by atoms with Crippen molar-refractivity contribution in [3.8, 4) is 22.8 Å². The lowest BCUT2D eigenvalue weighted by molar-refractivity contribution is 0.0950. The predicted octanol–water partition coefficient (Wildman–Crippen LogP) is 3.81. The number of hydrogen-bond acceptors (Lipinski definition) is 5. The Hall–Kier alpha value is -2.80. The van der Waals surface area contributed by atoms with Crippen LogP contribution in [0.3, 0.4) is 0 Å². The maximum atomic E-state index is 12.2. The first-order valence-corrected chi connectivity index (χ1v) is 8.88. The van der Waals surface area contributed by atoms with Crippen LogP contribution in [0.5, 0.6) is 11.5 Å². The van der Waals surface area contributed by atoms with E-state index >= 15 is 0 Å². The van der Waals surface area contributed by atoms with Crippen LogP contribution in [0.2, 0.25) is 0 Å². The number of carbonyl (C=O) groups excluding carboxylic acids is 1. The first-order chi connectivity index (χ1) is 12.7. The Morgan fingerprint density at radius 1 is 1.08 bits per heavy atom. The summed E-state index contributed by atoms with van der Waals surface area (Å²) in [6, 6.07) is 14.6. The van der Waals surface area contributed by atoms with Crippen LogP contribution in [0.25, 0.3) is 11.3 Å². The molecule has 1 amide bonds. The number of nitrogens with one attached hydrogen (secondary N) is 1. The van der Waals surface area contributed by atoms with Crippen molar-refractivity contribution < 1.29 is 18.8 Å². The number of fused-ring (bicyclic) bond motifs is 1. The Morgan fingerprint density at radius 2 is 1.92 bits per heavy atom. The van der Waals surface area contributed by atoms with Gasteiger partial charge in [-0.15, -0.1) is 0 Å². The molecular weight excluding hydrogens is 400 g/mol. The molecule has 2 heterocycles. The molecule has 0 bridgehead atoms. The van der Waals surface area contributed by atoms with Crippen LogP contribution in [-0.2, 0) is 6.54 Å². The normalized spacial score (nSPS) is 12.7. The SMILES string of the molecule is O=C(NCc1cc(-c2ccc3c(c2)OCCO3)on1)c1cccc(Br)c1. The number of nitrogens with zero attached hydrogens (tertiary/aromatic N) is 1. The average molecular weight is 415 g/mol. The number of carbonyl (C=O) groups is 1. The quantitative estimate of drug-likeness (QED) is 0.702. The van der Waals surface area contributed by atoms with E-state index < -0.39 is 0 Å². The molecule has 0 unspecified atom stereocenters. The summed E-state index contributed by atoms with van der Waals surface area (Å²) in [5, 5.41) is 6.85. The Bertz CT molecular complexity index is 954. The van der Waals surface area contributed by atoms with Crippen molar-refractivity contribution >= 4 is 21.8 Å². The number of rotatable bonds is 4. The van der Waals surface area contributed by atoms with Crippen LogP contribution in [0.4, 0.5) is 0 Å². The number of ether oxygens (including phenoxy) is 2. The van der Waals surface area contributed by atoms with Crippen molar-refractivity contribution in [1.82, 2.24) is 10.5 Å². The molecule has 0 spiro atoms. The van der Waals surface area contributed by atoms with Crippen molar-refractivity contribution in [2.75, 3.05) is 13.2 Å². The summed E-state index contributed by atoms with van der Waals surface area (Å²) in [7, 11) is 0. The fourth-order valence-corrected chi connectivity index (χ4v) is 3.03. The monoisotopic (exact) mass is 414 g/mol. The Labute approximate surface area is 158 Å². The Morgan fingerprint density at radius 3 is 2.77 bits per heavy atom. The maximum Gasteiger partial charge on any atom is 0.251 e. The second kappa shape index (κ2) is 7.21. The van der Waals surface area contributed by atoms with E-state index in [9.17, 15) is 4.79 Å². The molecule has 0 radical (unpaired) electrons. The topological polar surface area (TPSA) is 73.6 Å². The second-order valence-electron chi connectivity index (χ2n) is 5.73. The molecule has 0 saturated carbocycles. The molecule has 26 heavy (non-hydrogen) atoms. The molecule has 3 aromatic rings. The lowest BCUT2D eigenvalue weighted by Gasteiger charge is -2.18. The molecule has 1 aromatic heterocycles. The van der Waals surface area contributed by atoms with E-state index in [1.807, 2.05) is 30.3 Å². The highest BCUT2D eigenvalue weighted by atomic mass is 79.9. The van der Waals surface area contributed by atoms with Crippen molar-refractivity contribution in [1.29, 1.82) is 0 Å². The van der Waals surface area contributed by atoms with Gasteiger partial charge in [0.15, 0.2) is 17.3 Å². The smallest absolute Gasteiger partial charge is 0.251 e. The number of hydrogen-bond donors (Lipinski definition) is 1. The molecule has 0 fully saturated rings. The van der Waals surface area contributed by atoms with Gasteiger partial charge in [0.05, 0.1) is 6.54 Å². The van der Waals surface area contributed by atoms with Crippen LogP contribution in [0, 0.1) is 0 Å². The molecular formula is C19H15BrN2O4. The van der Waals surface area contributed by atoms with Gasteiger partial charge in [-0.2, -0.15) is 0 Å². The molecule has 1 aliphatic rings. The summed E-state index contributed by atoms with van der Waals surface area (Å²) in [6.45, 7) is 1.36. The molecule has 4 rings (SSSR count). The highest BCUT2D eigenvalue weighted by molar-refractivity contribution is 9.10. The van der Waals surface area contributed by atoms with E-state index in [-0.39, 0.29) is 12.5 Å². The van der Waals surface area contributed by atoms with Crippen LogP contribution >= 0.6 is 15.9 Å². The highest BCUT2D eigenvalue weighted by Crippen LogP contribution is 2.34. The van der Waals surface area contributed by atoms with Crippen molar-refractivity contribution in [2.45, 2.75) is 6.54 Å². The predicted molar refractivity (Wildman–Crippen MR) is 98.2 cm³/mol. The third-order valence-corrected chi connectivity index (χ3v) is 4.40. The molecule has 1 N–H and O–H groups in total. The lowest BCUT2D eigenvalue weighted by atomic mass is 10.1. The van der Waals surface area contributed by atoms with E-state index in [2.05, 4.69) is 26.4 Å². The van der Waals surface area contributed by atoms with E-state index in [0.717, 1.165) is 15.8 Å². The molecule has 0 saturated heterocycles. The van der Waals surface area contributed by atoms with Crippen molar-refractivity contribution in [2.24, 2.45) is 0 Å². The lowest BCUT2D eigenvalue weighted by Crippen LogP contribution is -2.22. The van der Waals surface area contributed by atoms with Gasteiger partial charge in [-0.3, -0.25) is 4.79 Å². The second-order valence-corrected chi connectivity index (χ2v) is 6.65. The number of benzene rings is 2. The summed E-state index contributed by atoms with van der Waals surface area (Å²) in [4.78, 5) is 12.2. The van der Waals surface area contributed by atoms with Crippen LogP contribution in [0.1, 0.15) is 16.1 Å². The molecule has 6 nitrogen and oxygen atoms in total. The van der Waals surface area contributed by atoms with Gasteiger partial charge in [0.2, 0.25) is 0 Å². The Balaban J connectivity index is 1.44. The van der Waals surface area contributed by atoms with Gasteiger partial charge in [-0.25, -0.2) is 0 Å². The fourth-order valence-electron chi connectivity index (χ4n) is 2.63. The van der Waals surface area contributed by atoms with Gasteiger partial charge < -0.3 is 19.3 Å². The minimum atomic E-state index is -0.171. The molecule has 0 atom stereocenters. The Kier molecular flexibility index (Phi) is 4.62. The zero-order valence-electron chi connectivity index (χ0n) is 13.7. The minimum Gasteiger partial charge on any atom is -0.486 e. The van der Waals surface area contributed by atoms with Gasteiger partial charge in [-0.1, -0.05) is 27.2 Å². The zero-order valence-corrected chi connectivity index (χ0v) is 15.3. The maximum absolute atomic E-state index is 12.2. The third-order valence-electron chi connectivity index (χ3n) is 3.90. The van der Waals surface area contributed by atoms with E-state index in [4.69, 9.17) is 14.0 Å². The summed E-state index contributed by atoms with van der Waals surface area (Å²) in [5.74, 6) is 1.85. The van der Waals surface area contributed by atoms with Crippen LogP contribution in [-0.4, -0.2) is 24.3 Å². The summed E-state index contributed by atoms with van der Waals surface area (Å²) >= 11 is 3.36. The summed E-state index contributed by atoms with van der Waals surface area (Å²) in [6.07, 6.45) is 0. The fraction of sp³-hybridized carbons (Fsp3) is 0.158. The molecule has 1 aliphatic heterocycles. The molecule has 7 heteroatoms. The first kappa shape index (κ1) is 16.7. The third kappa shape index (κ3) is 3.57. The van der Waals surface area contributed by atoms with Gasteiger partial charge in [-0.05, 0) is 36.4 Å². The van der Waals surface area contributed by atoms with Crippen LogP contribution < -0.4 is 14.8 Å². The highest BCUT2D eigenvalue weighted by Gasteiger charge is 2.15. The molecule has 0 aliphatic carbocycles. The molecule has 132 valence electrons. The van der Waals surface area contributed by atoms with Gasteiger partial charge in [0.25, 0.3) is 5.91 Å². The van der Waals surface area contributed by atoms with Gasteiger partial charge >= 0.3 is 0 Å². The van der Waals surface area contributed by atoms with Crippen LogP contribution in [0.15, 0.2) is 57.5 Å². The number of amides is 1. The van der Waals surface area contributed by atoms with Gasteiger partial charge in [0, 0.05) is 21.7 Å². The number of halogens is 1. The average Bonchev–Trinajstić information content (AvgIpc) is 3.15.